The van der Waals surface area contributed by atoms with Gasteiger partial charge in [0.25, 0.3) is 0 Å². The van der Waals surface area contributed by atoms with E-state index in [0.717, 1.165) is 10.9 Å². The molecule has 12 heavy (non-hydrogen) atoms. The number of nitrogens with zero attached hydrogens (tertiary/aromatic N) is 2. The third-order valence-electron chi connectivity index (χ3n) is 1.69. The zero-order valence-electron chi connectivity index (χ0n) is 6.56. The first kappa shape index (κ1) is 6.97. The van der Waals surface area contributed by atoms with Crippen molar-refractivity contribution in [3.05, 3.63) is 24.4 Å². The van der Waals surface area contributed by atoms with Crippen molar-refractivity contribution in [3.63, 3.8) is 0 Å². The van der Waals surface area contributed by atoms with Gasteiger partial charge in [-0.25, -0.2) is 0 Å². The molecule has 62 valence electrons. The molecule has 0 aliphatic carbocycles. The number of aromatic nitrogens is 2. The van der Waals surface area contributed by atoms with Crippen LogP contribution in [0.25, 0.3) is 10.9 Å². The maximum absolute atomic E-state index is 9.17. The van der Waals surface area contributed by atoms with Crippen LogP contribution in [0.15, 0.2) is 24.4 Å². The van der Waals surface area contributed by atoms with Crippen LogP contribution in [0.4, 0.5) is 0 Å². The van der Waals surface area contributed by atoms with E-state index in [-0.39, 0.29) is 5.75 Å². The average Bonchev–Trinajstić information content (AvgIpc) is 2.46. The van der Waals surface area contributed by atoms with Gasteiger partial charge in [0.1, 0.15) is 18.4 Å². The van der Waals surface area contributed by atoms with Gasteiger partial charge in [-0.1, -0.05) is 4.85 Å². The summed E-state index contributed by atoms with van der Waals surface area (Å²) in [5, 5.41) is 14.0. The molecule has 0 aliphatic heterocycles. The number of hydrogen-bond acceptors (Lipinski definition) is 3. The number of fused-ring (bicyclic) bond motifs is 1. The normalized spacial score (nSPS) is 10.4. The summed E-state index contributed by atoms with van der Waals surface area (Å²) in [7, 11) is 1.52. The fourth-order valence-corrected chi connectivity index (χ4v) is 1.13. The van der Waals surface area contributed by atoms with Gasteiger partial charge in [0, 0.05) is 11.5 Å². The van der Waals surface area contributed by atoms with Crippen molar-refractivity contribution in [2.75, 3.05) is 7.11 Å². The third kappa shape index (κ3) is 0.887. The summed E-state index contributed by atoms with van der Waals surface area (Å²) in [6.45, 7) is 0. The number of hydrogen-bond donors (Lipinski definition) is 1. The molecule has 4 nitrogen and oxygen atoms in total. The standard InChI is InChI=1S/C8H8N2O2/c1-12-10-8-4-7(11)3-2-6(8)5-9-10/h2-5,11H,1H3. The third-order valence-corrected chi connectivity index (χ3v) is 1.69. The number of benzene rings is 1. The maximum atomic E-state index is 9.17. The highest BCUT2D eigenvalue weighted by Gasteiger charge is 2.01. The van der Waals surface area contributed by atoms with Gasteiger partial charge < -0.3 is 9.94 Å². The number of aromatic hydroxyl groups is 1. The molecular weight excluding hydrogens is 156 g/mol. The molecule has 0 fully saturated rings. The Labute approximate surface area is 68.9 Å². The fourth-order valence-electron chi connectivity index (χ4n) is 1.13. The monoisotopic (exact) mass is 164 g/mol. The molecule has 4 heteroatoms. The van der Waals surface area contributed by atoms with Gasteiger partial charge in [0.2, 0.25) is 0 Å². The van der Waals surface area contributed by atoms with Crippen molar-refractivity contribution < 1.29 is 9.94 Å². The zero-order valence-corrected chi connectivity index (χ0v) is 6.56. The van der Waals surface area contributed by atoms with Gasteiger partial charge in [-0.05, 0) is 12.1 Å². The highest BCUT2D eigenvalue weighted by atomic mass is 16.7. The SMILES string of the molecule is COn1ncc2ccc(O)cc21. The summed E-state index contributed by atoms with van der Waals surface area (Å²) in [4.78, 5) is 6.27. The Balaban J connectivity index is 2.75. The van der Waals surface area contributed by atoms with Gasteiger partial charge in [-0.2, -0.15) is 0 Å². The lowest BCUT2D eigenvalue weighted by Gasteiger charge is -1.98. The van der Waals surface area contributed by atoms with E-state index in [4.69, 9.17) is 4.84 Å². The molecule has 0 unspecified atom stereocenters. The number of phenols is 1. The minimum absolute atomic E-state index is 0.210. The van der Waals surface area contributed by atoms with E-state index in [1.165, 1.54) is 12.0 Å². The Morgan fingerprint density at radius 1 is 1.50 bits per heavy atom. The summed E-state index contributed by atoms with van der Waals surface area (Å²) in [5.74, 6) is 0.210. The highest BCUT2D eigenvalue weighted by Crippen LogP contribution is 2.18. The molecule has 0 saturated carbocycles. The summed E-state index contributed by atoms with van der Waals surface area (Å²) in [5.41, 5.74) is 0.762. The topological polar surface area (TPSA) is 47.3 Å². The van der Waals surface area contributed by atoms with Crippen molar-refractivity contribution in [2.24, 2.45) is 0 Å². The Kier molecular flexibility index (Phi) is 1.40. The van der Waals surface area contributed by atoms with Crippen molar-refractivity contribution >= 4 is 10.9 Å². The Morgan fingerprint density at radius 3 is 3.08 bits per heavy atom. The number of rotatable bonds is 1. The predicted octanol–water partition coefficient (Wildman–Crippen LogP) is 0.800. The van der Waals surface area contributed by atoms with Gasteiger partial charge in [-0.15, -0.1) is 5.10 Å². The summed E-state index contributed by atoms with van der Waals surface area (Å²) in [6, 6.07) is 5.00. The van der Waals surface area contributed by atoms with E-state index < -0.39 is 0 Å². The molecule has 0 amide bonds. The van der Waals surface area contributed by atoms with E-state index in [0.29, 0.717) is 0 Å². The first-order chi connectivity index (χ1) is 5.81. The summed E-state index contributed by atoms with van der Waals surface area (Å²) >= 11 is 0. The molecule has 1 heterocycles. The largest absolute Gasteiger partial charge is 0.508 e. The molecular formula is C8H8N2O2. The Morgan fingerprint density at radius 2 is 2.33 bits per heavy atom. The van der Waals surface area contributed by atoms with E-state index in [1.54, 1.807) is 24.4 Å². The molecule has 1 aromatic carbocycles. The molecule has 1 N–H and O–H groups in total. The first-order valence-electron chi connectivity index (χ1n) is 3.52. The number of phenolic OH excluding ortho intramolecular Hbond substituents is 1. The predicted molar refractivity (Wildman–Crippen MR) is 43.9 cm³/mol. The van der Waals surface area contributed by atoms with Gasteiger partial charge in [0.05, 0.1) is 6.20 Å². The lowest BCUT2D eigenvalue weighted by Crippen LogP contribution is -2.06. The van der Waals surface area contributed by atoms with Crippen LogP contribution in [0.5, 0.6) is 5.75 Å². The molecule has 0 spiro atoms. The summed E-state index contributed by atoms with van der Waals surface area (Å²) < 4.78 is 0. The maximum Gasteiger partial charge on any atom is 0.117 e. The summed E-state index contributed by atoms with van der Waals surface area (Å²) in [6.07, 6.45) is 1.68. The zero-order chi connectivity index (χ0) is 8.55. The second-order valence-corrected chi connectivity index (χ2v) is 2.44. The van der Waals surface area contributed by atoms with E-state index >= 15 is 0 Å². The van der Waals surface area contributed by atoms with Crippen molar-refractivity contribution in [1.29, 1.82) is 0 Å². The Bertz CT molecular complexity index is 408. The lowest BCUT2D eigenvalue weighted by molar-refractivity contribution is 0.145. The molecule has 0 aliphatic rings. The van der Waals surface area contributed by atoms with E-state index in [1.807, 2.05) is 0 Å². The second kappa shape index (κ2) is 2.41. The Hall–Kier alpha value is -1.71. The van der Waals surface area contributed by atoms with Crippen LogP contribution in [0, 0.1) is 0 Å². The van der Waals surface area contributed by atoms with Crippen LogP contribution in [-0.4, -0.2) is 22.2 Å². The molecule has 2 aromatic rings. The molecule has 0 atom stereocenters. The first-order valence-corrected chi connectivity index (χ1v) is 3.52. The molecule has 0 saturated heterocycles. The van der Waals surface area contributed by atoms with E-state index in [2.05, 4.69) is 5.10 Å². The van der Waals surface area contributed by atoms with Crippen molar-refractivity contribution in [2.45, 2.75) is 0 Å². The van der Waals surface area contributed by atoms with Crippen molar-refractivity contribution in [1.82, 2.24) is 9.94 Å². The van der Waals surface area contributed by atoms with Crippen LogP contribution >= 0.6 is 0 Å². The van der Waals surface area contributed by atoms with Crippen molar-refractivity contribution in [3.8, 4) is 5.75 Å². The molecule has 1 aromatic heterocycles. The van der Waals surface area contributed by atoms with E-state index in [9.17, 15) is 5.11 Å². The van der Waals surface area contributed by atoms with Crippen LogP contribution in [0.2, 0.25) is 0 Å². The van der Waals surface area contributed by atoms with Crippen LogP contribution in [0.3, 0.4) is 0 Å². The van der Waals surface area contributed by atoms with Crippen LogP contribution < -0.4 is 4.84 Å². The average molecular weight is 164 g/mol. The smallest absolute Gasteiger partial charge is 0.117 e. The molecule has 2 rings (SSSR count). The molecule has 0 radical (unpaired) electrons. The molecule has 0 bridgehead atoms. The van der Waals surface area contributed by atoms with Gasteiger partial charge >= 0.3 is 0 Å². The second-order valence-electron chi connectivity index (χ2n) is 2.44. The minimum atomic E-state index is 0.210. The fraction of sp³-hybridized carbons (Fsp3) is 0.125. The van der Waals surface area contributed by atoms with Gasteiger partial charge in [-0.3, -0.25) is 0 Å². The van der Waals surface area contributed by atoms with Crippen LogP contribution in [0.1, 0.15) is 0 Å². The quantitative estimate of drug-likeness (QED) is 0.678. The lowest BCUT2D eigenvalue weighted by atomic mass is 10.2. The minimum Gasteiger partial charge on any atom is -0.508 e. The van der Waals surface area contributed by atoms with Crippen LogP contribution in [-0.2, 0) is 0 Å². The van der Waals surface area contributed by atoms with Gasteiger partial charge in [0.15, 0.2) is 0 Å². The highest BCUT2D eigenvalue weighted by molar-refractivity contribution is 5.79.